The van der Waals surface area contributed by atoms with E-state index in [9.17, 15) is 0 Å². The highest BCUT2D eigenvalue weighted by atomic mass is 79.9. The summed E-state index contributed by atoms with van der Waals surface area (Å²) in [6.45, 7) is 0. The maximum Gasteiger partial charge on any atom is 0.153 e. The Morgan fingerprint density at radius 1 is 1.44 bits per heavy atom. The van der Waals surface area contributed by atoms with Crippen LogP contribution in [0.4, 0.5) is 0 Å². The summed E-state index contributed by atoms with van der Waals surface area (Å²) in [5.41, 5.74) is 3.75. The second-order valence-corrected chi connectivity index (χ2v) is 5.58. The lowest BCUT2D eigenvalue weighted by Crippen LogP contribution is -2.31. The van der Waals surface area contributed by atoms with Gasteiger partial charge in [0.1, 0.15) is 0 Å². The molecular formula is C11H14BrN5S. The van der Waals surface area contributed by atoms with Crippen molar-refractivity contribution >= 4 is 27.7 Å². The Balaban J connectivity index is 2.07. The average Bonchev–Trinajstić information content (AvgIpc) is 2.73. The van der Waals surface area contributed by atoms with Crippen molar-refractivity contribution in [3.63, 3.8) is 0 Å². The quantitative estimate of drug-likeness (QED) is 0.498. The highest BCUT2D eigenvalue weighted by Crippen LogP contribution is 2.26. The van der Waals surface area contributed by atoms with Gasteiger partial charge in [0, 0.05) is 17.7 Å². The van der Waals surface area contributed by atoms with Gasteiger partial charge in [0.15, 0.2) is 4.60 Å². The number of hydrazine groups is 1. The number of rotatable bonds is 5. The Hall–Kier alpha value is -0.890. The molecule has 1 aromatic carbocycles. The number of nitrogens with one attached hydrogen (secondary N) is 1. The van der Waals surface area contributed by atoms with Crippen molar-refractivity contribution in [3.05, 3.63) is 40.6 Å². The Morgan fingerprint density at radius 3 is 2.72 bits per heavy atom. The molecule has 1 heterocycles. The van der Waals surface area contributed by atoms with Crippen LogP contribution in [0.3, 0.4) is 0 Å². The minimum Gasteiger partial charge on any atom is -0.271 e. The third-order valence-corrected chi connectivity index (χ3v) is 4.19. The summed E-state index contributed by atoms with van der Waals surface area (Å²) >= 11 is 5.12. The van der Waals surface area contributed by atoms with Gasteiger partial charge in [-0.2, -0.15) is 0 Å². The fourth-order valence-electron chi connectivity index (χ4n) is 1.61. The topological polar surface area (TPSA) is 68.8 Å². The highest BCUT2D eigenvalue weighted by Gasteiger charge is 2.19. The number of nitrogens with two attached hydrogens (primary N) is 1. The smallest absolute Gasteiger partial charge is 0.153 e. The fraction of sp³-hybridized carbons (Fsp3) is 0.273. The number of hydrogen-bond donors (Lipinski definition) is 2. The first kappa shape index (κ1) is 13.5. The molecule has 1 unspecified atom stereocenters. The lowest BCUT2D eigenvalue weighted by molar-refractivity contribution is 0.550. The standard InChI is InChI=1S/C11H14BrN5S/c1-17-10(11(12)15-16-17)9(14-13)7-18-8-5-3-2-4-6-8/h2-6,9,14H,7,13H2,1H3. The first-order valence-corrected chi connectivity index (χ1v) is 7.19. The zero-order valence-corrected chi connectivity index (χ0v) is 12.3. The maximum absolute atomic E-state index is 5.61. The van der Waals surface area contributed by atoms with Gasteiger partial charge < -0.3 is 0 Å². The second-order valence-electron chi connectivity index (χ2n) is 3.73. The van der Waals surface area contributed by atoms with Crippen LogP contribution >= 0.6 is 27.7 Å². The van der Waals surface area contributed by atoms with Crippen LogP contribution in [0, 0.1) is 0 Å². The van der Waals surface area contributed by atoms with Crippen molar-refractivity contribution < 1.29 is 0 Å². The van der Waals surface area contributed by atoms with Crippen molar-refractivity contribution in [1.29, 1.82) is 0 Å². The van der Waals surface area contributed by atoms with E-state index in [4.69, 9.17) is 5.84 Å². The summed E-state index contributed by atoms with van der Waals surface area (Å²) < 4.78 is 2.45. The number of halogens is 1. The van der Waals surface area contributed by atoms with Crippen molar-refractivity contribution in [2.45, 2.75) is 10.9 Å². The molecule has 2 aromatic rings. The zero-order chi connectivity index (χ0) is 13.0. The molecule has 0 bridgehead atoms. The number of aromatic nitrogens is 3. The Morgan fingerprint density at radius 2 is 2.17 bits per heavy atom. The summed E-state index contributed by atoms with van der Waals surface area (Å²) in [5.74, 6) is 6.42. The second kappa shape index (κ2) is 6.33. The molecule has 0 spiro atoms. The van der Waals surface area contributed by atoms with Crippen LogP contribution in [0.5, 0.6) is 0 Å². The van der Waals surface area contributed by atoms with E-state index in [2.05, 4.69) is 43.8 Å². The molecule has 18 heavy (non-hydrogen) atoms. The molecule has 0 fully saturated rings. The molecule has 0 aliphatic heterocycles. The molecule has 7 heteroatoms. The molecule has 1 aromatic heterocycles. The highest BCUT2D eigenvalue weighted by molar-refractivity contribution is 9.10. The molecule has 5 nitrogen and oxygen atoms in total. The molecule has 1 atom stereocenters. The van der Waals surface area contributed by atoms with E-state index in [1.54, 1.807) is 16.4 Å². The molecule has 0 radical (unpaired) electrons. The molecule has 0 saturated carbocycles. The van der Waals surface area contributed by atoms with E-state index in [0.29, 0.717) is 0 Å². The molecule has 0 aliphatic carbocycles. The summed E-state index contributed by atoms with van der Waals surface area (Å²) in [4.78, 5) is 1.21. The van der Waals surface area contributed by atoms with E-state index >= 15 is 0 Å². The van der Waals surface area contributed by atoms with E-state index < -0.39 is 0 Å². The van der Waals surface area contributed by atoms with Gasteiger partial charge in [-0.25, -0.2) is 4.68 Å². The first-order valence-electron chi connectivity index (χ1n) is 5.41. The van der Waals surface area contributed by atoms with Gasteiger partial charge in [0.25, 0.3) is 0 Å². The van der Waals surface area contributed by atoms with E-state index in [0.717, 1.165) is 16.0 Å². The van der Waals surface area contributed by atoms with Crippen LogP contribution in [-0.4, -0.2) is 20.7 Å². The van der Waals surface area contributed by atoms with E-state index in [1.807, 2.05) is 25.2 Å². The molecule has 0 amide bonds. The largest absolute Gasteiger partial charge is 0.271 e. The van der Waals surface area contributed by atoms with Gasteiger partial charge in [0.2, 0.25) is 0 Å². The summed E-state index contributed by atoms with van der Waals surface area (Å²) in [7, 11) is 1.85. The SMILES string of the molecule is Cn1nnc(Br)c1C(CSc1ccccc1)NN. The molecule has 96 valence electrons. The van der Waals surface area contributed by atoms with Crippen molar-refractivity contribution in [3.8, 4) is 0 Å². The van der Waals surface area contributed by atoms with Gasteiger partial charge in [-0.15, -0.1) is 16.9 Å². The number of nitrogens with zero attached hydrogens (tertiary/aromatic N) is 3. The number of aryl methyl sites for hydroxylation is 1. The van der Waals surface area contributed by atoms with Crippen LogP contribution in [0.1, 0.15) is 11.7 Å². The van der Waals surface area contributed by atoms with Gasteiger partial charge in [-0.05, 0) is 28.1 Å². The Bertz CT molecular complexity index is 482. The van der Waals surface area contributed by atoms with Crippen molar-refractivity contribution in [1.82, 2.24) is 20.4 Å². The summed E-state index contributed by atoms with van der Waals surface area (Å²) in [6, 6.07) is 10.2. The van der Waals surface area contributed by atoms with Crippen molar-refractivity contribution in [2.75, 3.05) is 5.75 Å². The Kier molecular flexibility index (Phi) is 4.76. The predicted octanol–water partition coefficient (Wildman–Crippen LogP) is 1.87. The van der Waals surface area contributed by atoms with Gasteiger partial charge in [-0.1, -0.05) is 23.4 Å². The van der Waals surface area contributed by atoms with E-state index in [-0.39, 0.29) is 6.04 Å². The number of thioether (sulfide) groups is 1. The molecule has 2 rings (SSSR count). The van der Waals surface area contributed by atoms with Crippen molar-refractivity contribution in [2.24, 2.45) is 12.9 Å². The van der Waals surface area contributed by atoms with E-state index in [1.165, 1.54) is 4.90 Å². The zero-order valence-electron chi connectivity index (χ0n) is 9.88. The van der Waals surface area contributed by atoms with Gasteiger partial charge in [0.05, 0.1) is 11.7 Å². The lowest BCUT2D eigenvalue weighted by atomic mass is 10.3. The molecule has 0 aliphatic rings. The minimum absolute atomic E-state index is 0.00965. The predicted molar refractivity (Wildman–Crippen MR) is 75.9 cm³/mol. The normalized spacial score (nSPS) is 12.6. The van der Waals surface area contributed by atoms with Gasteiger partial charge in [-0.3, -0.25) is 11.3 Å². The van der Waals surface area contributed by atoms with Gasteiger partial charge >= 0.3 is 0 Å². The minimum atomic E-state index is -0.00965. The van der Waals surface area contributed by atoms with Crippen LogP contribution in [-0.2, 0) is 7.05 Å². The first-order chi connectivity index (χ1) is 8.72. The molecular weight excluding hydrogens is 314 g/mol. The van der Waals surface area contributed by atoms with Crippen LogP contribution < -0.4 is 11.3 Å². The monoisotopic (exact) mass is 327 g/mol. The number of hydrogen-bond acceptors (Lipinski definition) is 5. The Labute approximate surface area is 118 Å². The third kappa shape index (κ3) is 3.11. The third-order valence-electron chi connectivity index (χ3n) is 2.52. The average molecular weight is 328 g/mol. The summed E-state index contributed by atoms with van der Waals surface area (Å²) in [6.07, 6.45) is 0. The lowest BCUT2D eigenvalue weighted by Gasteiger charge is -2.15. The fourth-order valence-corrected chi connectivity index (χ4v) is 3.18. The van der Waals surface area contributed by atoms with Crippen LogP contribution in [0.15, 0.2) is 39.8 Å². The maximum atomic E-state index is 5.61. The molecule has 0 saturated heterocycles. The molecule has 3 N–H and O–H groups in total. The van der Waals surface area contributed by atoms with Crippen LogP contribution in [0.25, 0.3) is 0 Å². The number of benzene rings is 1. The summed E-state index contributed by atoms with van der Waals surface area (Å²) in [5, 5.41) is 7.92. The van der Waals surface area contributed by atoms with Crippen LogP contribution in [0.2, 0.25) is 0 Å².